The topological polar surface area (TPSA) is 83.6 Å². The highest BCUT2D eigenvalue weighted by Crippen LogP contribution is 2.27. The molecule has 0 aliphatic carbocycles. The number of hydrogen-bond donors (Lipinski definition) is 2. The molecule has 136 valence electrons. The van der Waals surface area contributed by atoms with Gasteiger partial charge >= 0.3 is 0 Å². The molecule has 0 saturated carbocycles. The molecular formula is C19H16ClN5OS. The molecule has 0 fully saturated rings. The van der Waals surface area contributed by atoms with Gasteiger partial charge in [-0.05, 0) is 36.8 Å². The van der Waals surface area contributed by atoms with Gasteiger partial charge in [-0.3, -0.25) is 4.79 Å². The van der Waals surface area contributed by atoms with E-state index in [1.165, 1.54) is 11.8 Å². The summed E-state index contributed by atoms with van der Waals surface area (Å²) in [6, 6.07) is 14.9. The fraction of sp³-hybridized carbons (Fsp3) is 0.158. The van der Waals surface area contributed by atoms with Crippen molar-refractivity contribution < 1.29 is 4.79 Å². The van der Waals surface area contributed by atoms with E-state index < -0.39 is 0 Å². The summed E-state index contributed by atoms with van der Waals surface area (Å²) < 4.78 is 0. The summed E-state index contributed by atoms with van der Waals surface area (Å²) in [4.78, 5) is 20.4. The minimum absolute atomic E-state index is 0.106. The van der Waals surface area contributed by atoms with Gasteiger partial charge in [-0.25, -0.2) is 4.98 Å². The van der Waals surface area contributed by atoms with Crippen LogP contribution in [0.25, 0.3) is 22.1 Å². The Bertz CT molecular complexity index is 1110. The van der Waals surface area contributed by atoms with Gasteiger partial charge in [0.2, 0.25) is 11.1 Å². The van der Waals surface area contributed by atoms with Crippen LogP contribution in [0.2, 0.25) is 5.02 Å². The molecule has 6 nitrogen and oxygen atoms in total. The van der Waals surface area contributed by atoms with E-state index in [-0.39, 0.29) is 11.2 Å². The second-order valence-electron chi connectivity index (χ2n) is 5.97. The molecular weight excluding hydrogens is 382 g/mol. The SMILES string of the molecule is CCC(Sc1nnc2c(n1)[nH]c1ccccc12)C(=O)Nc1ccc(Cl)cc1. The number of H-pyrrole nitrogens is 1. The molecule has 2 heterocycles. The number of carbonyl (C=O) groups excluding carboxylic acids is 1. The molecule has 2 aromatic carbocycles. The third-order valence-corrected chi connectivity index (χ3v) is 5.59. The van der Waals surface area contributed by atoms with Gasteiger partial charge in [0, 0.05) is 21.6 Å². The number of amides is 1. The fourth-order valence-electron chi connectivity index (χ4n) is 2.76. The van der Waals surface area contributed by atoms with Gasteiger partial charge in [-0.1, -0.05) is 48.5 Å². The number of rotatable bonds is 5. The van der Waals surface area contributed by atoms with Crippen molar-refractivity contribution in [1.82, 2.24) is 20.2 Å². The average molecular weight is 398 g/mol. The van der Waals surface area contributed by atoms with E-state index in [2.05, 4.69) is 25.5 Å². The molecule has 4 rings (SSSR count). The van der Waals surface area contributed by atoms with Crippen LogP contribution in [-0.4, -0.2) is 31.3 Å². The van der Waals surface area contributed by atoms with Crippen LogP contribution < -0.4 is 5.32 Å². The van der Waals surface area contributed by atoms with Gasteiger partial charge in [0.15, 0.2) is 5.65 Å². The van der Waals surface area contributed by atoms with Gasteiger partial charge in [0.25, 0.3) is 0 Å². The Labute approximate surface area is 164 Å². The Hall–Kier alpha value is -2.64. The third-order valence-electron chi connectivity index (χ3n) is 4.13. The van der Waals surface area contributed by atoms with Crippen LogP contribution in [0.15, 0.2) is 53.7 Å². The number of aromatic amines is 1. The van der Waals surface area contributed by atoms with E-state index in [4.69, 9.17) is 11.6 Å². The number of nitrogens with zero attached hydrogens (tertiary/aromatic N) is 3. The monoisotopic (exact) mass is 397 g/mol. The Balaban J connectivity index is 1.54. The van der Waals surface area contributed by atoms with Crippen molar-refractivity contribution in [3.63, 3.8) is 0 Å². The van der Waals surface area contributed by atoms with Gasteiger partial charge in [-0.15, -0.1) is 10.2 Å². The maximum absolute atomic E-state index is 12.6. The predicted molar refractivity (Wildman–Crippen MR) is 109 cm³/mol. The normalized spacial score (nSPS) is 12.4. The van der Waals surface area contributed by atoms with Crippen LogP contribution in [0.5, 0.6) is 0 Å². The number of para-hydroxylation sites is 1. The minimum atomic E-state index is -0.329. The Morgan fingerprint density at radius 2 is 1.96 bits per heavy atom. The van der Waals surface area contributed by atoms with Crippen LogP contribution in [0, 0.1) is 0 Å². The van der Waals surface area contributed by atoms with E-state index in [9.17, 15) is 4.79 Å². The quantitative estimate of drug-likeness (QED) is 0.478. The summed E-state index contributed by atoms with van der Waals surface area (Å²) in [6.07, 6.45) is 0.637. The first-order valence-electron chi connectivity index (χ1n) is 8.48. The molecule has 8 heteroatoms. The fourth-order valence-corrected chi connectivity index (χ4v) is 3.71. The zero-order valence-corrected chi connectivity index (χ0v) is 16.0. The van der Waals surface area contributed by atoms with Crippen LogP contribution >= 0.6 is 23.4 Å². The number of fused-ring (bicyclic) bond motifs is 3. The van der Waals surface area contributed by atoms with Crippen molar-refractivity contribution >= 4 is 57.0 Å². The second-order valence-corrected chi connectivity index (χ2v) is 7.58. The average Bonchev–Trinajstić information content (AvgIpc) is 3.05. The lowest BCUT2D eigenvalue weighted by atomic mass is 10.2. The summed E-state index contributed by atoms with van der Waals surface area (Å²) in [5, 5.41) is 13.1. The van der Waals surface area contributed by atoms with E-state index in [0.717, 1.165) is 16.4 Å². The number of nitrogens with one attached hydrogen (secondary N) is 2. The molecule has 27 heavy (non-hydrogen) atoms. The highest BCUT2D eigenvalue weighted by molar-refractivity contribution is 8.00. The Morgan fingerprint density at radius 3 is 2.74 bits per heavy atom. The first kappa shape index (κ1) is 17.8. The molecule has 1 amide bonds. The molecule has 0 radical (unpaired) electrons. The maximum Gasteiger partial charge on any atom is 0.237 e. The smallest absolute Gasteiger partial charge is 0.237 e. The first-order valence-corrected chi connectivity index (χ1v) is 9.74. The van der Waals surface area contributed by atoms with Crippen LogP contribution in [0.4, 0.5) is 5.69 Å². The van der Waals surface area contributed by atoms with Crippen molar-refractivity contribution in [2.75, 3.05) is 5.32 Å². The zero-order valence-electron chi connectivity index (χ0n) is 14.4. The number of hydrogen-bond acceptors (Lipinski definition) is 5. The molecule has 0 saturated heterocycles. The lowest BCUT2D eigenvalue weighted by Gasteiger charge is -2.13. The van der Waals surface area contributed by atoms with Crippen molar-refractivity contribution in [2.45, 2.75) is 23.8 Å². The summed E-state index contributed by atoms with van der Waals surface area (Å²) in [6.45, 7) is 1.95. The summed E-state index contributed by atoms with van der Waals surface area (Å²) in [7, 11) is 0. The second kappa shape index (κ2) is 7.54. The number of benzene rings is 2. The largest absolute Gasteiger partial charge is 0.338 e. The first-order chi connectivity index (χ1) is 13.1. The number of aromatic nitrogens is 4. The van der Waals surface area contributed by atoms with Crippen molar-refractivity contribution in [3.05, 3.63) is 53.6 Å². The standard InChI is InChI=1S/C19H16ClN5OS/c1-2-15(18(26)21-12-9-7-11(20)8-10-12)27-19-23-17-16(24-25-19)13-5-3-4-6-14(13)22-17/h3-10,15H,2H2,1H3,(H,21,26)(H,22,23,25). The molecule has 2 aromatic heterocycles. The van der Waals surface area contributed by atoms with Gasteiger partial charge in [0.05, 0.1) is 5.25 Å². The number of carbonyl (C=O) groups is 1. The van der Waals surface area contributed by atoms with Gasteiger partial charge < -0.3 is 10.3 Å². The Kier molecular flexibility index (Phi) is 4.96. The third kappa shape index (κ3) is 3.74. The Morgan fingerprint density at radius 1 is 1.19 bits per heavy atom. The van der Waals surface area contributed by atoms with Gasteiger partial charge in [-0.2, -0.15) is 0 Å². The molecule has 2 N–H and O–H groups in total. The summed E-state index contributed by atoms with van der Waals surface area (Å²) in [5.74, 6) is -0.106. The van der Waals surface area contributed by atoms with Crippen LogP contribution in [0.1, 0.15) is 13.3 Å². The zero-order chi connectivity index (χ0) is 18.8. The van der Waals surface area contributed by atoms with Gasteiger partial charge in [0.1, 0.15) is 5.52 Å². The maximum atomic E-state index is 12.6. The van der Waals surface area contributed by atoms with Crippen LogP contribution in [0.3, 0.4) is 0 Å². The minimum Gasteiger partial charge on any atom is -0.338 e. The molecule has 0 aliphatic heterocycles. The van der Waals surface area contributed by atoms with E-state index >= 15 is 0 Å². The highest BCUT2D eigenvalue weighted by atomic mass is 35.5. The van der Waals surface area contributed by atoms with Crippen LogP contribution in [-0.2, 0) is 4.79 Å². The number of halogens is 1. The van der Waals surface area contributed by atoms with E-state index in [1.54, 1.807) is 24.3 Å². The molecule has 1 unspecified atom stereocenters. The molecule has 0 bridgehead atoms. The molecule has 4 aromatic rings. The number of thioether (sulfide) groups is 1. The molecule has 0 spiro atoms. The van der Waals surface area contributed by atoms with Crippen molar-refractivity contribution in [1.29, 1.82) is 0 Å². The molecule has 0 aliphatic rings. The lowest BCUT2D eigenvalue weighted by molar-refractivity contribution is -0.115. The summed E-state index contributed by atoms with van der Waals surface area (Å²) in [5.41, 5.74) is 3.06. The van der Waals surface area contributed by atoms with E-state index in [1.807, 2.05) is 31.2 Å². The predicted octanol–water partition coefficient (Wildman–Crippen LogP) is 4.67. The lowest BCUT2D eigenvalue weighted by Crippen LogP contribution is -2.24. The van der Waals surface area contributed by atoms with E-state index in [0.29, 0.717) is 27.9 Å². The molecule has 1 atom stereocenters. The number of anilines is 1. The highest BCUT2D eigenvalue weighted by Gasteiger charge is 2.20. The van der Waals surface area contributed by atoms with Crippen molar-refractivity contribution in [2.24, 2.45) is 0 Å². The van der Waals surface area contributed by atoms with Crippen molar-refractivity contribution in [3.8, 4) is 0 Å². The summed E-state index contributed by atoms with van der Waals surface area (Å²) >= 11 is 7.18.